The van der Waals surface area contributed by atoms with E-state index in [0.29, 0.717) is 17.0 Å². The Bertz CT molecular complexity index is 985. The first-order valence-corrected chi connectivity index (χ1v) is 7.32. The fourth-order valence-corrected chi connectivity index (χ4v) is 2.51. The molecular formula is C16H9BrF2N2O2. The molecule has 7 heteroatoms. The van der Waals surface area contributed by atoms with Crippen molar-refractivity contribution < 1.29 is 13.6 Å². The Kier molecular flexibility index (Phi) is 3.96. The van der Waals surface area contributed by atoms with Gasteiger partial charge in [0, 0.05) is 21.4 Å². The number of amides is 1. The number of carbonyl (C=O) groups excluding carboxylic acids is 1. The Hall–Kier alpha value is -2.54. The topological polar surface area (TPSA) is 62.0 Å². The molecule has 2 N–H and O–H groups in total. The van der Waals surface area contributed by atoms with Gasteiger partial charge in [0.15, 0.2) is 0 Å². The maximum absolute atomic E-state index is 13.6. The molecular weight excluding hydrogens is 370 g/mol. The summed E-state index contributed by atoms with van der Waals surface area (Å²) in [6.07, 6.45) is 0. The summed E-state index contributed by atoms with van der Waals surface area (Å²) in [5.41, 5.74) is -0.396. The predicted molar refractivity (Wildman–Crippen MR) is 86.6 cm³/mol. The number of halogens is 3. The van der Waals surface area contributed by atoms with E-state index in [9.17, 15) is 18.4 Å². The summed E-state index contributed by atoms with van der Waals surface area (Å²) < 4.78 is 27.2. The van der Waals surface area contributed by atoms with Crippen molar-refractivity contribution in [1.82, 2.24) is 4.98 Å². The molecule has 0 bridgehead atoms. The Morgan fingerprint density at radius 2 is 1.87 bits per heavy atom. The summed E-state index contributed by atoms with van der Waals surface area (Å²) in [4.78, 5) is 26.8. The normalized spacial score (nSPS) is 10.7. The number of aromatic amines is 1. The lowest BCUT2D eigenvalue weighted by molar-refractivity contribution is 0.102. The van der Waals surface area contributed by atoms with Gasteiger partial charge in [-0.3, -0.25) is 9.59 Å². The highest BCUT2D eigenvalue weighted by Gasteiger charge is 2.14. The van der Waals surface area contributed by atoms with E-state index in [4.69, 9.17) is 0 Å². The number of aromatic nitrogens is 1. The number of rotatable bonds is 2. The van der Waals surface area contributed by atoms with Crippen LogP contribution in [0.4, 0.5) is 14.5 Å². The van der Waals surface area contributed by atoms with Crippen LogP contribution in [-0.2, 0) is 0 Å². The summed E-state index contributed by atoms with van der Waals surface area (Å²) in [6.45, 7) is 0. The highest BCUT2D eigenvalue weighted by molar-refractivity contribution is 9.10. The van der Waals surface area contributed by atoms with Gasteiger partial charge in [0.25, 0.3) is 11.5 Å². The van der Waals surface area contributed by atoms with Crippen LogP contribution in [0.5, 0.6) is 0 Å². The number of nitrogens with one attached hydrogen (secondary N) is 2. The number of pyridine rings is 1. The van der Waals surface area contributed by atoms with Crippen LogP contribution >= 0.6 is 15.9 Å². The van der Waals surface area contributed by atoms with Crippen LogP contribution < -0.4 is 10.9 Å². The molecule has 0 aliphatic carbocycles. The van der Waals surface area contributed by atoms with Gasteiger partial charge in [-0.1, -0.05) is 15.9 Å². The Balaban J connectivity index is 2.00. The maximum atomic E-state index is 13.6. The zero-order valence-corrected chi connectivity index (χ0v) is 13.1. The second kappa shape index (κ2) is 5.92. The van der Waals surface area contributed by atoms with Crippen LogP contribution in [0.3, 0.4) is 0 Å². The lowest BCUT2D eigenvalue weighted by Gasteiger charge is -2.07. The molecule has 1 aromatic heterocycles. The summed E-state index contributed by atoms with van der Waals surface area (Å²) in [6, 6.07) is 9.36. The molecule has 0 unspecified atom stereocenters. The lowest BCUT2D eigenvalue weighted by atomic mass is 10.1. The van der Waals surface area contributed by atoms with E-state index in [1.165, 1.54) is 6.07 Å². The summed E-state index contributed by atoms with van der Waals surface area (Å²) in [7, 11) is 0. The SMILES string of the molecule is O=C(Nc1ccc(F)cc1F)c1cc2cc(Br)ccc2[nH]c1=O. The molecule has 1 heterocycles. The van der Waals surface area contributed by atoms with Crippen molar-refractivity contribution in [1.29, 1.82) is 0 Å². The molecule has 1 amide bonds. The van der Waals surface area contributed by atoms with Crippen molar-refractivity contribution in [2.75, 3.05) is 5.32 Å². The number of fused-ring (bicyclic) bond motifs is 1. The molecule has 0 aliphatic heterocycles. The highest BCUT2D eigenvalue weighted by Crippen LogP contribution is 2.19. The molecule has 2 aromatic carbocycles. The van der Waals surface area contributed by atoms with Gasteiger partial charge in [-0.25, -0.2) is 8.78 Å². The smallest absolute Gasteiger partial charge is 0.261 e. The maximum Gasteiger partial charge on any atom is 0.261 e. The molecule has 0 saturated heterocycles. The molecule has 0 atom stereocenters. The van der Waals surface area contributed by atoms with Gasteiger partial charge in [-0.15, -0.1) is 0 Å². The van der Waals surface area contributed by atoms with Gasteiger partial charge in [-0.05, 0) is 36.4 Å². The highest BCUT2D eigenvalue weighted by atomic mass is 79.9. The number of H-pyrrole nitrogens is 1. The van der Waals surface area contributed by atoms with E-state index in [-0.39, 0.29) is 11.3 Å². The van der Waals surface area contributed by atoms with Gasteiger partial charge < -0.3 is 10.3 Å². The van der Waals surface area contributed by atoms with Crippen LogP contribution in [0.1, 0.15) is 10.4 Å². The van der Waals surface area contributed by atoms with Gasteiger partial charge in [0.1, 0.15) is 17.2 Å². The monoisotopic (exact) mass is 378 g/mol. The van der Waals surface area contributed by atoms with Crippen LogP contribution in [0.25, 0.3) is 10.9 Å². The Morgan fingerprint density at radius 1 is 1.09 bits per heavy atom. The first-order chi connectivity index (χ1) is 10.9. The largest absolute Gasteiger partial charge is 0.321 e. The van der Waals surface area contributed by atoms with Crippen molar-refractivity contribution in [2.45, 2.75) is 0 Å². The third-order valence-electron chi connectivity index (χ3n) is 3.23. The second-order valence-corrected chi connectivity index (χ2v) is 5.74. The standard InChI is InChI=1S/C16H9BrF2N2O2/c17-9-1-3-13-8(5-9)6-11(15(22)20-13)16(23)21-14-4-2-10(18)7-12(14)19/h1-7H,(H,20,22)(H,21,23). The average molecular weight is 379 g/mol. The van der Waals surface area contributed by atoms with Gasteiger partial charge in [-0.2, -0.15) is 0 Å². The van der Waals surface area contributed by atoms with E-state index < -0.39 is 23.1 Å². The van der Waals surface area contributed by atoms with E-state index in [2.05, 4.69) is 26.2 Å². The first-order valence-electron chi connectivity index (χ1n) is 6.53. The molecule has 0 aliphatic rings. The van der Waals surface area contributed by atoms with E-state index in [1.807, 2.05) is 0 Å². The van der Waals surface area contributed by atoms with Gasteiger partial charge >= 0.3 is 0 Å². The van der Waals surface area contributed by atoms with Gasteiger partial charge in [0.05, 0.1) is 5.69 Å². The molecule has 23 heavy (non-hydrogen) atoms. The molecule has 0 fully saturated rings. The molecule has 116 valence electrons. The number of carbonyl (C=O) groups is 1. The zero-order valence-electron chi connectivity index (χ0n) is 11.5. The third kappa shape index (κ3) is 3.14. The zero-order chi connectivity index (χ0) is 16.6. The van der Waals surface area contributed by atoms with E-state index >= 15 is 0 Å². The number of hydrogen-bond acceptors (Lipinski definition) is 2. The van der Waals surface area contributed by atoms with E-state index in [1.54, 1.807) is 18.2 Å². The average Bonchev–Trinajstić information content (AvgIpc) is 2.49. The summed E-state index contributed by atoms with van der Waals surface area (Å²) in [5.74, 6) is -2.45. The van der Waals surface area contributed by atoms with Crippen LogP contribution in [-0.4, -0.2) is 10.9 Å². The van der Waals surface area contributed by atoms with Crippen LogP contribution in [0, 0.1) is 11.6 Å². The first kappa shape index (κ1) is 15.4. The number of anilines is 1. The predicted octanol–water partition coefficient (Wildman–Crippen LogP) is 3.82. The quantitative estimate of drug-likeness (QED) is 0.711. The molecule has 3 rings (SSSR count). The lowest BCUT2D eigenvalue weighted by Crippen LogP contribution is -2.23. The van der Waals surface area contributed by atoms with Crippen molar-refractivity contribution in [2.24, 2.45) is 0 Å². The van der Waals surface area contributed by atoms with Crippen molar-refractivity contribution in [3.8, 4) is 0 Å². The molecule has 4 nitrogen and oxygen atoms in total. The van der Waals surface area contributed by atoms with Crippen LogP contribution in [0.15, 0.2) is 51.7 Å². The van der Waals surface area contributed by atoms with Crippen molar-refractivity contribution in [3.05, 3.63) is 74.5 Å². The minimum absolute atomic E-state index is 0.167. The summed E-state index contributed by atoms with van der Waals surface area (Å²) >= 11 is 3.30. The summed E-state index contributed by atoms with van der Waals surface area (Å²) in [5, 5.41) is 2.90. The second-order valence-electron chi connectivity index (χ2n) is 4.82. The van der Waals surface area contributed by atoms with Crippen molar-refractivity contribution in [3.63, 3.8) is 0 Å². The molecule has 0 radical (unpaired) electrons. The molecule has 0 saturated carbocycles. The number of benzene rings is 2. The van der Waals surface area contributed by atoms with Crippen LogP contribution in [0.2, 0.25) is 0 Å². The third-order valence-corrected chi connectivity index (χ3v) is 3.72. The van der Waals surface area contributed by atoms with Gasteiger partial charge in [0.2, 0.25) is 0 Å². The van der Waals surface area contributed by atoms with E-state index in [0.717, 1.165) is 16.6 Å². The Morgan fingerprint density at radius 3 is 2.61 bits per heavy atom. The minimum Gasteiger partial charge on any atom is -0.321 e. The fourth-order valence-electron chi connectivity index (χ4n) is 2.13. The molecule has 0 spiro atoms. The Labute approximate surface area is 137 Å². The minimum atomic E-state index is -0.918. The molecule has 3 aromatic rings. The van der Waals surface area contributed by atoms with Crippen molar-refractivity contribution >= 4 is 38.4 Å². The number of hydrogen-bond donors (Lipinski definition) is 2. The fraction of sp³-hybridized carbons (Fsp3) is 0.